The van der Waals surface area contributed by atoms with Crippen LogP contribution in [0.5, 0.6) is 5.75 Å². The first kappa shape index (κ1) is 17.7. The lowest BCUT2D eigenvalue weighted by Gasteiger charge is -2.16. The molecule has 5 heteroatoms. The quantitative estimate of drug-likeness (QED) is 0.420. The van der Waals surface area contributed by atoms with Gasteiger partial charge in [0.05, 0.1) is 6.61 Å². The highest BCUT2D eigenvalue weighted by Crippen LogP contribution is 2.15. The van der Waals surface area contributed by atoms with Gasteiger partial charge in [-0.2, -0.15) is 5.26 Å². The Morgan fingerprint density at radius 3 is 2.59 bits per heavy atom. The Hall–Kier alpha value is -2.32. The lowest BCUT2D eigenvalue weighted by molar-refractivity contribution is -0.125. The predicted molar refractivity (Wildman–Crippen MR) is 85.3 cm³/mol. The molecule has 0 aliphatic heterocycles. The molecule has 0 unspecified atom stereocenters. The zero-order valence-electron chi connectivity index (χ0n) is 13.3. The number of carbonyl (C=O) groups excluding carboxylic acids is 1. The number of nitriles is 1. The van der Waals surface area contributed by atoms with Gasteiger partial charge in [0.25, 0.3) is 5.91 Å². The first-order chi connectivity index (χ1) is 10.6. The fourth-order valence-corrected chi connectivity index (χ4v) is 1.89. The molecule has 0 aromatic heterocycles. The zero-order valence-corrected chi connectivity index (χ0v) is 13.3. The second-order valence-corrected chi connectivity index (χ2v) is 4.74. The number of hydrogen-bond acceptors (Lipinski definition) is 4. The average molecular weight is 302 g/mol. The van der Waals surface area contributed by atoms with Crippen molar-refractivity contribution < 1.29 is 14.3 Å². The number of benzene rings is 1. The van der Waals surface area contributed by atoms with Crippen LogP contribution in [0.4, 0.5) is 0 Å². The maximum absolute atomic E-state index is 12.2. The molecule has 0 heterocycles. The summed E-state index contributed by atoms with van der Waals surface area (Å²) in [6.45, 7) is 3.65. The Morgan fingerprint density at radius 1 is 1.36 bits per heavy atom. The third-order valence-corrected chi connectivity index (χ3v) is 3.04. The van der Waals surface area contributed by atoms with E-state index in [1.165, 1.54) is 4.90 Å². The molecule has 1 rings (SSSR count). The maximum Gasteiger partial charge on any atom is 0.264 e. The summed E-state index contributed by atoms with van der Waals surface area (Å²) in [5, 5.41) is 9.20. The van der Waals surface area contributed by atoms with E-state index in [0.717, 1.165) is 17.7 Å². The predicted octanol–water partition coefficient (Wildman–Crippen LogP) is 2.49. The van der Waals surface area contributed by atoms with E-state index in [4.69, 9.17) is 9.47 Å². The van der Waals surface area contributed by atoms with Crippen LogP contribution in [0, 0.1) is 11.3 Å². The Bertz CT molecular complexity index is 544. The number of likely N-dealkylation sites (N-methyl/N-ethyl adjacent to an activating group) is 1. The van der Waals surface area contributed by atoms with E-state index in [0.29, 0.717) is 19.8 Å². The van der Waals surface area contributed by atoms with Gasteiger partial charge in [0.15, 0.2) is 0 Å². The Balaban J connectivity index is 2.77. The van der Waals surface area contributed by atoms with Crippen molar-refractivity contribution in [2.24, 2.45) is 0 Å². The molecule has 0 saturated carbocycles. The maximum atomic E-state index is 12.2. The molecule has 0 fully saturated rings. The molecule has 118 valence electrons. The topological polar surface area (TPSA) is 62.6 Å². The molecule has 0 spiro atoms. The van der Waals surface area contributed by atoms with E-state index < -0.39 is 0 Å². The number of methoxy groups -OCH3 is 1. The fraction of sp³-hybridized carbons (Fsp3) is 0.412. The number of carbonyl (C=O) groups is 1. The van der Waals surface area contributed by atoms with E-state index in [1.807, 2.05) is 37.3 Å². The summed E-state index contributed by atoms with van der Waals surface area (Å²) in [7, 11) is 3.30. The normalized spacial score (nSPS) is 10.9. The third kappa shape index (κ3) is 5.58. The highest BCUT2D eigenvalue weighted by molar-refractivity contribution is 6.01. The minimum Gasteiger partial charge on any atom is -0.494 e. The number of amides is 1. The summed E-state index contributed by atoms with van der Waals surface area (Å²) in [4.78, 5) is 13.7. The van der Waals surface area contributed by atoms with E-state index in [-0.39, 0.29) is 11.5 Å². The molecular formula is C17H22N2O3. The van der Waals surface area contributed by atoms with Crippen LogP contribution >= 0.6 is 0 Å². The average Bonchev–Trinajstić information content (AvgIpc) is 2.54. The van der Waals surface area contributed by atoms with Gasteiger partial charge in [-0.25, -0.2) is 0 Å². The molecular weight excluding hydrogens is 280 g/mol. The van der Waals surface area contributed by atoms with Crippen LogP contribution < -0.4 is 4.74 Å². The van der Waals surface area contributed by atoms with Gasteiger partial charge in [-0.15, -0.1) is 0 Å². The lowest BCUT2D eigenvalue weighted by atomic mass is 10.1. The van der Waals surface area contributed by atoms with Gasteiger partial charge in [-0.05, 0) is 37.1 Å². The van der Waals surface area contributed by atoms with E-state index in [1.54, 1.807) is 20.2 Å². The monoisotopic (exact) mass is 302 g/mol. The van der Waals surface area contributed by atoms with Gasteiger partial charge in [0.2, 0.25) is 0 Å². The first-order valence-corrected chi connectivity index (χ1v) is 7.21. The molecule has 0 bridgehead atoms. The minimum atomic E-state index is -0.285. The van der Waals surface area contributed by atoms with E-state index in [2.05, 4.69) is 0 Å². The van der Waals surface area contributed by atoms with Crippen molar-refractivity contribution >= 4 is 12.0 Å². The summed E-state index contributed by atoms with van der Waals surface area (Å²) in [6, 6.07) is 9.24. The Morgan fingerprint density at radius 2 is 2.05 bits per heavy atom. The van der Waals surface area contributed by atoms with Gasteiger partial charge in [-0.3, -0.25) is 4.79 Å². The van der Waals surface area contributed by atoms with E-state index >= 15 is 0 Å². The van der Waals surface area contributed by atoms with Crippen LogP contribution in [0.15, 0.2) is 29.8 Å². The molecule has 0 atom stereocenters. The van der Waals surface area contributed by atoms with Crippen LogP contribution in [0.3, 0.4) is 0 Å². The molecule has 22 heavy (non-hydrogen) atoms. The van der Waals surface area contributed by atoms with Crippen LogP contribution in [0.1, 0.15) is 18.9 Å². The van der Waals surface area contributed by atoms with Crippen LogP contribution in [0.2, 0.25) is 0 Å². The standard InChI is InChI=1S/C17H22N2O3/c1-4-22-16-8-6-14(7-9-16)12-15(13-18)17(20)19(2)10-5-11-21-3/h6-9,12H,4-5,10-11H2,1-3H3/b15-12+. The molecule has 1 amide bonds. The van der Waals surface area contributed by atoms with Crippen LogP contribution in [-0.2, 0) is 9.53 Å². The van der Waals surface area contributed by atoms with Gasteiger partial charge >= 0.3 is 0 Å². The Kier molecular flexibility index (Phi) is 7.73. The smallest absolute Gasteiger partial charge is 0.264 e. The van der Waals surface area contributed by atoms with Gasteiger partial charge in [-0.1, -0.05) is 12.1 Å². The summed E-state index contributed by atoms with van der Waals surface area (Å²) < 4.78 is 10.3. The van der Waals surface area contributed by atoms with Crippen LogP contribution in [-0.4, -0.2) is 44.7 Å². The summed E-state index contributed by atoms with van der Waals surface area (Å²) in [5.41, 5.74) is 0.905. The second-order valence-electron chi connectivity index (χ2n) is 4.74. The molecule has 5 nitrogen and oxygen atoms in total. The number of nitrogens with zero attached hydrogens (tertiary/aromatic N) is 2. The zero-order chi connectivity index (χ0) is 16.4. The Labute approximate surface area is 131 Å². The van der Waals surface area contributed by atoms with Gasteiger partial charge in [0, 0.05) is 27.3 Å². The SMILES string of the molecule is CCOc1ccc(/C=C(\C#N)C(=O)N(C)CCCOC)cc1. The van der Waals surface area contributed by atoms with Crippen molar-refractivity contribution in [2.75, 3.05) is 33.9 Å². The van der Waals surface area contributed by atoms with Crippen molar-refractivity contribution in [3.8, 4) is 11.8 Å². The highest BCUT2D eigenvalue weighted by Gasteiger charge is 2.14. The molecule has 0 aliphatic rings. The summed E-state index contributed by atoms with van der Waals surface area (Å²) >= 11 is 0. The molecule has 0 aliphatic carbocycles. The van der Waals surface area contributed by atoms with Crippen molar-refractivity contribution in [3.05, 3.63) is 35.4 Å². The number of rotatable bonds is 8. The molecule has 1 aromatic rings. The van der Waals surface area contributed by atoms with Crippen molar-refractivity contribution in [3.63, 3.8) is 0 Å². The minimum absolute atomic E-state index is 0.115. The van der Waals surface area contributed by atoms with Gasteiger partial charge in [0.1, 0.15) is 17.4 Å². The molecule has 1 aromatic carbocycles. The highest BCUT2D eigenvalue weighted by atomic mass is 16.5. The van der Waals surface area contributed by atoms with Crippen molar-refractivity contribution in [1.29, 1.82) is 5.26 Å². The van der Waals surface area contributed by atoms with Crippen molar-refractivity contribution in [1.82, 2.24) is 4.90 Å². The lowest BCUT2D eigenvalue weighted by Crippen LogP contribution is -2.29. The van der Waals surface area contributed by atoms with Crippen molar-refractivity contribution in [2.45, 2.75) is 13.3 Å². The summed E-state index contributed by atoms with van der Waals surface area (Å²) in [5.74, 6) is 0.480. The van der Waals surface area contributed by atoms with E-state index in [9.17, 15) is 10.1 Å². The molecule has 0 radical (unpaired) electrons. The second kappa shape index (κ2) is 9.59. The number of ether oxygens (including phenoxy) is 2. The molecule has 0 N–H and O–H groups in total. The molecule has 0 saturated heterocycles. The van der Waals surface area contributed by atoms with Crippen LogP contribution in [0.25, 0.3) is 6.08 Å². The van der Waals surface area contributed by atoms with Gasteiger partial charge < -0.3 is 14.4 Å². The fourth-order valence-electron chi connectivity index (χ4n) is 1.89. The summed E-state index contributed by atoms with van der Waals surface area (Å²) in [6.07, 6.45) is 2.32. The first-order valence-electron chi connectivity index (χ1n) is 7.21. The largest absolute Gasteiger partial charge is 0.494 e. The third-order valence-electron chi connectivity index (χ3n) is 3.04. The number of hydrogen-bond donors (Lipinski definition) is 0.